The number of nitrogens with zero attached hydrogens (tertiary/aromatic N) is 2. The molecule has 0 radical (unpaired) electrons. The van der Waals surface area contributed by atoms with Gasteiger partial charge in [-0.15, -0.1) is 0 Å². The molecule has 162 valence electrons. The fraction of sp³-hybridized carbons (Fsp3) is 0.364. The monoisotopic (exact) mass is 441 g/mol. The van der Waals surface area contributed by atoms with E-state index in [0.717, 1.165) is 17.7 Å². The molecule has 1 saturated heterocycles. The minimum absolute atomic E-state index is 0.0616. The molecule has 1 N–H and O–H groups in total. The molecule has 0 bridgehead atoms. The number of hydrogen-bond acceptors (Lipinski definition) is 6. The molecular weight excluding hydrogens is 418 g/mol. The molecule has 3 aliphatic rings. The van der Waals surface area contributed by atoms with Gasteiger partial charge >= 0.3 is 0 Å². The van der Waals surface area contributed by atoms with Crippen LogP contribution < -0.4 is 24.3 Å². The Balaban J connectivity index is 1.38. The van der Waals surface area contributed by atoms with Crippen LogP contribution in [0.3, 0.4) is 0 Å². The molecule has 2 aromatic carbocycles. The van der Waals surface area contributed by atoms with Crippen LogP contribution in [0, 0.1) is 0 Å². The molecule has 5 rings (SSSR count). The number of fused-ring (bicyclic) bond motifs is 4. The largest absolute Gasteiger partial charge is 0.493 e. The fourth-order valence-electron chi connectivity index (χ4n) is 4.38. The maximum atomic E-state index is 12.9. The first-order chi connectivity index (χ1) is 15.1. The Hall–Kier alpha value is -3.20. The number of rotatable bonds is 3. The van der Waals surface area contributed by atoms with Crippen LogP contribution in [0.25, 0.3) is 0 Å². The van der Waals surface area contributed by atoms with Crippen molar-refractivity contribution in [2.45, 2.75) is 12.5 Å². The van der Waals surface area contributed by atoms with E-state index in [1.807, 2.05) is 40.1 Å². The zero-order valence-corrected chi connectivity index (χ0v) is 18.2. The molecule has 0 aromatic heterocycles. The van der Waals surface area contributed by atoms with Gasteiger partial charge in [-0.05, 0) is 54.0 Å². The van der Waals surface area contributed by atoms with E-state index < -0.39 is 0 Å². The molecule has 0 spiro atoms. The summed E-state index contributed by atoms with van der Waals surface area (Å²) in [6.07, 6.45) is 0.790. The SMILES string of the molecule is COc1cc2c(cc1OC)C1CN(C(=S)Nc3ccc4c(c3)OCO4)CC(=O)N1CC2. The van der Waals surface area contributed by atoms with Crippen LogP contribution in [0.15, 0.2) is 30.3 Å². The van der Waals surface area contributed by atoms with E-state index in [1.165, 1.54) is 5.56 Å². The Morgan fingerprint density at radius 1 is 1.13 bits per heavy atom. The van der Waals surface area contributed by atoms with Gasteiger partial charge < -0.3 is 34.1 Å². The van der Waals surface area contributed by atoms with Gasteiger partial charge in [0.05, 0.1) is 26.8 Å². The lowest BCUT2D eigenvalue weighted by molar-refractivity contribution is -0.138. The number of thiocarbonyl (C=S) groups is 1. The summed E-state index contributed by atoms with van der Waals surface area (Å²) >= 11 is 5.64. The summed E-state index contributed by atoms with van der Waals surface area (Å²) < 4.78 is 21.7. The number of ether oxygens (including phenoxy) is 4. The molecule has 1 unspecified atom stereocenters. The summed E-state index contributed by atoms with van der Waals surface area (Å²) in [5.74, 6) is 2.81. The highest BCUT2D eigenvalue weighted by atomic mass is 32.1. The van der Waals surface area contributed by atoms with Crippen molar-refractivity contribution in [3.63, 3.8) is 0 Å². The van der Waals surface area contributed by atoms with Crippen LogP contribution in [0.4, 0.5) is 5.69 Å². The second kappa shape index (κ2) is 7.81. The van der Waals surface area contributed by atoms with Crippen molar-refractivity contribution in [3.05, 3.63) is 41.5 Å². The van der Waals surface area contributed by atoms with Gasteiger partial charge in [-0.3, -0.25) is 4.79 Å². The van der Waals surface area contributed by atoms with Gasteiger partial charge in [0.2, 0.25) is 12.7 Å². The molecular formula is C22H23N3O5S. The van der Waals surface area contributed by atoms with Gasteiger partial charge in [-0.25, -0.2) is 0 Å². The fourth-order valence-corrected chi connectivity index (χ4v) is 4.64. The van der Waals surface area contributed by atoms with E-state index in [-0.39, 0.29) is 25.3 Å². The first-order valence-corrected chi connectivity index (χ1v) is 10.5. The second-order valence-corrected chi connectivity index (χ2v) is 8.02. The minimum atomic E-state index is -0.0960. The molecule has 1 amide bonds. The van der Waals surface area contributed by atoms with E-state index in [1.54, 1.807) is 14.2 Å². The van der Waals surface area contributed by atoms with Gasteiger partial charge in [0.1, 0.15) is 0 Å². The van der Waals surface area contributed by atoms with Crippen molar-refractivity contribution < 1.29 is 23.7 Å². The lowest BCUT2D eigenvalue weighted by Gasteiger charge is -2.45. The molecule has 3 aliphatic heterocycles. The normalized spacial score (nSPS) is 18.9. The summed E-state index contributed by atoms with van der Waals surface area (Å²) in [5, 5.41) is 3.73. The van der Waals surface area contributed by atoms with Crippen molar-refractivity contribution in [1.82, 2.24) is 9.80 Å². The smallest absolute Gasteiger partial charge is 0.242 e. The Morgan fingerprint density at radius 3 is 2.71 bits per heavy atom. The maximum absolute atomic E-state index is 12.9. The van der Waals surface area contributed by atoms with Crippen LogP contribution >= 0.6 is 12.2 Å². The number of methoxy groups -OCH3 is 2. The Morgan fingerprint density at radius 2 is 1.90 bits per heavy atom. The highest BCUT2D eigenvalue weighted by molar-refractivity contribution is 7.80. The highest BCUT2D eigenvalue weighted by Crippen LogP contribution is 2.40. The summed E-state index contributed by atoms with van der Waals surface area (Å²) in [6, 6.07) is 9.47. The number of piperazine rings is 1. The number of carbonyl (C=O) groups is 1. The molecule has 1 fully saturated rings. The summed E-state index contributed by atoms with van der Waals surface area (Å²) in [7, 11) is 3.25. The summed E-state index contributed by atoms with van der Waals surface area (Å²) in [6.45, 7) is 1.75. The quantitative estimate of drug-likeness (QED) is 0.729. The topological polar surface area (TPSA) is 72.5 Å². The van der Waals surface area contributed by atoms with Gasteiger partial charge in [0.25, 0.3) is 0 Å². The van der Waals surface area contributed by atoms with Crippen molar-refractivity contribution in [2.24, 2.45) is 0 Å². The lowest BCUT2D eigenvalue weighted by atomic mass is 9.90. The van der Waals surface area contributed by atoms with Gasteiger partial charge in [-0.1, -0.05) is 0 Å². The van der Waals surface area contributed by atoms with E-state index >= 15 is 0 Å². The first kappa shape index (κ1) is 19.7. The van der Waals surface area contributed by atoms with E-state index in [9.17, 15) is 4.79 Å². The summed E-state index contributed by atoms with van der Waals surface area (Å²) in [4.78, 5) is 16.8. The molecule has 0 aliphatic carbocycles. The van der Waals surface area contributed by atoms with Crippen LogP contribution in [-0.2, 0) is 11.2 Å². The molecule has 8 nitrogen and oxygen atoms in total. The highest BCUT2D eigenvalue weighted by Gasteiger charge is 2.38. The number of benzene rings is 2. The molecule has 1 atom stereocenters. The zero-order valence-electron chi connectivity index (χ0n) is 17.3. The Bertz CT molecular complexity index is 1060. The third kappa shape index (κ3) is 3.48. The van der Waals surface area contributed by atoms with Crippen LogP contribution in [-0.4, -0.2) is 61.5 Å². The number of nitrogens with one attached hydrogen (secondary N) is 1. The van der Waals surface area contributed by atoms with E-state index in [4.69, 9.17) is 31.2 Å². The second-order valence-electron chi connectivity index (χ2n) is 7.64. The summed E-state index contributed by atoms with van der Waals surface area (Å²) in [5.41, 5.74) is 3.04. The molecule has 31 heavy (non-hydrogen) atoms. The predicted molar refractivity (Wildman–Crippen MR) is 118 cm³/mol. The van der Waals surface area contributed by atoms with Crippen LogP contribution in [0.1, 0.15) is 17.2 Å². The van der Waals surface area contributed by atoms with Crippen molar-refractivity contribution >= 4 is 28.9 Å². The van der Waals surface area contributed by atoms with Crippen molar-refractivity contribution in [2.75, 3.05) is 46.0 Å². The zero-order chi connectivity index (χ0) is 21.5. The van der Waals surface area contributed by atoms with Gasteiger partial charge in [0, 0.05) is 24.8 Å². The van der Waals surface area contributed by atoms with Crippen LogP contribution in [0.5, 0.6) is 23.0 Å². The van der Waals surface area contributed by atoms with Gasteiger partial charge in [0.15, 0.2) is 28.1 Å². The molecule has 3 heterocycles. The van der Waals surface area contributed by atoms with Gasteiger partial charge in [-0.2, -0.15) is 0 Å². The number of hydrogen-bond donors (Lipinski definition) is 1. The van der Waals surface area contributed by atoms with E-state index in [0.29, 0.717) is 41.2 Å². The average molecular weight is 442 g/mol. The number of anilines is 1. The van der Waals surface area contributed by atoms with Crippen molar-refractivity contribution in [1.29, 1.82) is 0 Å². The minimum Gasteiger partial charge on any atom is -0.493 e. The Kier molecular flexibility index (Phi) is 4.97. The molecule has 9 heteroatoms. The first-order valence-electron chi connectivity index (χ1n) is 10.1. The Labute approximate surface area is 185 Å². The number of amides is 1. The third-order valence-electron chi connectivity index (χ3n) is 5.95. The van der Waals surface area contributed by atoms with Crippen LogP contribution in [0.2, 0.25) is 0 Å². The maximum Gasteiger partial charge on any atom is 0.242 e. The van der Waals surface area contributed by atoms with Crippen molar-refractivity contribution in [3.8, 4) is 23.0 Å². The van der Waals surface area contributed by atoms with E-state index in [2.05, 4.69) is 5.32 Å². The molecule has 2 aromatic rings. The predicted octanol–water partition coefficient (Wildman–Crippen LogP) is 2.57. The molecule has 0 saturated carbocycles. The average Bonchev–Trinajstić information content (AvgIpc) is 3.25. The lowest BCUT2D eigenvalue weighted by Crippen LogP contribution is -2.56. The third-order valence-corrected chi connectivity index (χ3v) is 6.31. The number of carbonyl (C=O) groups excluding carboxylic acids is 1. The standard InChI is InChI=1S/C22H23N3O5S/c1-27-18-7-13-5-6-25-16(15(13)9-19(18)28-2)10-24(11-21(25)26)22(31)23-14-3-4-17-20(8-14)30-12-29-17/h3-4,7-9,16H,5-6,10-12H2,1-2H3,(H,23,31).